The number of hydrogen-bond acceptors (Lipinski definition) is 5. The molecule has 0 spiro atoms. The van der Waals surface area contributed by atoms with Gasteiger partial charge in [0.15, 0.2) is 11.6 Å². The smallest absolute Gasteiger partial charge is 0.337 e. The lowest BCUT2D eigenvalue weighted by Crippen LogP contribution is -2.17. The Balaban J connectivity index is 2.12. The van der Waals surface area contributed by atoms with Crippen LogP contribution in [-0.4, -0.2) is 26.5 Å². The topological polar surface area (TPSA) is 85.4 Å². The number of anilines is 1. The van der Waals surface area contributed by atoms with Crippen molar-refractivity contribution in [3.63, 3.8) is 0 Å². The number of ether oxygens (including phenoxy) is 1. The van der Waals surface area contributed by atoms with E-state index in [0.717, 1.165) is 6.07 Å². The molecule has 2 aromatic rings. The number of carbonyl (C=O) groups excluding carboxylic acids is 1. The maximum Gasteiger partial charge on any atom is 0.337 e. The summed E-state index contributed by atoms with van der Waals surface area (Å²) in [5, 5.41) is 0. The number of nitrogens with one attached hydrogen (secondary N) is 1. The zero-order valence-electron chi connectivity index (χ0n) is 11.6. The van der Waals surface area contributed by atoms with Gasteiger partial charge in [-0.25, -0.2) is 22.6 Å². The van der Waals surface area contributed by atoms with Crippen molar-refractivity contribution >= 4 is 21.8 Å². The third kappa shape index (κ3) is 4.01. The maximum atomic E-state index is 13.4. The minimum absolute atomic E-state index is 0.312. The van der Waals surface area contributed by atoms with Crippen LogP contribution in [0.3, 0.4) is 0 Å². The summed E-state index contributed by atoms with van der Waals surface area (Å²) in [6, 6.07) is 8.35. The van der Waals surface area contributed by atoms with E-state index >= 15 is 0 Å². The fraction of sp³-hybridized carbons (Fsp3) is 0.143. The van der Waals surface area contributed by atoms with Gasteiger partial charge < -0.3 is 4.74 Å². The second kappa shape index (κ2) is 6.52. The number of halogens is 1. The Kier molecular flexibility index (Phi) is 4.71. The molecule has 0 aliphatic rings. The second-order valence-corrected chi connectivity index (χ2v) is 6.11. The average Bonchev–Trinajstić information content (AvgIpc) is 2.49. The molecule has 1 aromatic carbocycles. The number of rotatable bonds is 5. The van der Waals surface area contributed by atoms with Gasteiger partial charge >= 0.3 is 5.97 Å². The molecule has 8 heteroatoms. The summed E-state index contributed by atoms with van der Waals surface area (Å²) in [7, 11) is -2.56. The molecule has 116 valence electrons. The molecule has 0 unspecified atom stereocenters. The molecule has 0 fully saturated rings. The number of benzene rings is 1. The first-order chi connectivity index (χ1) is 10.4. The minimum atomic E-state index is -3.82. The highest BCUT2D eigenvalue weighted by Crippen LogP contribution is 2.14. The van der Waals surface area contributed by atoms with Gasteiger partial charge in [-0.2, -0.15) is 0 Å². The Hall–Kier alpha value is -2.48. The van der Waals surface area contributed by atoms with E-state index in [4.69, 9.17) is 0 Å². The van der Waals surface area contributed by atoms with Crippen molar-refractivity contribution in [3.05, 3.63) is 59.5 Å². The molecule has 0 bridgehead atoms. The van der Waals surface area contributed by atoms with E-state index < -0.39 is 21.8 Å². The van der Waals surface area contributed by atoms with Gasteiger partial charge in [-0.15, -0.1) is 0 Å². The van der Waals surface area contributed by atoms with E-state index in [9.17, 15) is 17.6 Å². The lowest BCUT2D eigenvalue weighted by Gasteiger charge is -2.08. The van der Waals surface area contributed by atoms with Crippen LogP contribution >= 0.6 is 0 Å². The van der Waals surface area contributed by atoms with Gasteiger partial charge in [0.1, 0.15) is 0 Å². The molecule has 1 aromatic heterocycles. The number of carbonyl (C=O) groups is 1. The molecule has 0 amide bonds. The largest absolute Gasteiger partial charge is 0.465 e. The van der Waals surface area contributed by atoms with Crippen molar-refractivity contribution in [2.45, 2.75) is 5.75 Å². The van der Waals surface area contributed by atoms with Crippen LogP contribution in [0.2, 0.25) is 0 Å². The molecular formula is C14H13FN2O4S. The zero-order chi connectivity index (χ0) is 16.2. The summed E-state index contributed by atoms with van der Waals surface area (Å²) in [4.78, 5) is 14.9. The Morgan fingerprint density at radius 2 is 1.95 bits per heavy atom. The molecule has 0 radical (unpaired) electrons. The van der Waals surface area contributed by atoms with Crippen LogP contribution < -0.4 is 4.72 Å². The van der Waals surface area contributed by atoms with E-state index in [2.05, 4.69) is 14.4 Å². The van der Waals surface area contributed by atoms with Crippen molar-refractivity contribution in [1.29, 1.82) is 0 Å². The number of nitrogens with zero attached hydrogens (tertiary/aromatic N) is 1. The number of pyridine rings is 1. The van der Waals surface area contributed by atoms with Gasteiger partial charge in [-0.1, -0.05) is 12.1 Å². The number of sulfonamides is 1. The van der Waals surface area contributed by atoms with Crippen LogP contribution in [0.15, 0.2) is 42.6 Å². The summed E-state index contributed by atoms with van der Waals surface area (Å²) >= 11 is 0. The SMILES string of the molecule is COC(=O)c1ccc(CS(=O)(=O)Nc2ncccc2F)cc1. The Bertz CT molecular complexity index is 776. The Morgan fingerprint density at radius 3 is 2.55 bits per heavy atom. The normalized spacial score (nSPS) is 11.0. The Labute approximate surface area is 127 Å². The second-order valence-electron chi connectivity index (χ2n) is 4.38. The van der Waals surface area contributed by atoms with E-state index in [-0.39, 0.29) is 11.6 Å². The van der Waals surface area contributed by atoms with E-state index in [0.29, 0.717) is 11.1 Å². The summed E-state index contributed by atoms with van der Waals surface area (Å²) in [5.74, 6) is -1.99. The van der Waals surface area contributed by atoms with Gasteiger partial charge in [0.05, 0.1) is 18.4 Å². The first kappa shape index (κ1) is 15.9. The highest BCUT2D eigenvalue weighted by molar-refractivity contribution is 7.91. The van der Waals surface area contributed by atoms with Crippen LogP contribution in [0, 0.1) is 5.82 Å². The molecular weight excluding hydrogens is 311 g/mol. The van der Waals surface area contributed by atoms with Crippen molar-refractivity contribution in [3.8, 4) is 0 Å². The number of aromatic nitrogens is 1. The monoisotopic (exact) mass is 324 g/mol. The molecule has 1 N–H and O–H groups in total. The minimum Gasteiger partial charge on any atom is -0.465 e. The van der Waals surface area contributed by atoms with Crippen molar-refractivity contribution in [2.75, 3.05) is 11.8 Å². The van der Waals surface area contributed by atoms with Crippen LogP contribution in [0.4, 0.5) is 10.2 Å². The van der Waals surface area contributed by atoms with Gasteiger partial charge in [0.2, 0.25) is 10.0 Å². The average molecular weight is 324 g/mol. The van der Waals surface area contributed by atoms with E-state index in [1.54, 1.807) is 0 Å². The zero-order valence-corrected chi connectivity index (χ0v) is 12.4. The van der Waals surface area contributed by atoms with Gasteiger partial charge in [-0.05, 0) is 29.8 Å². The first-order valence-corrected chi connectivity index (χ1v) is 7.85. The van der Waals surface area contributed by atoms with Crippen molar-refractivity contribution < 1.29 is 22.3 Å². The maximum absolute atomic E-state index is 13.4. The predicted molar refractivity (Wildman–Crippen MR) is 78.2 cm³/mol. The van der Waals surface area contributed by atoms with Crippen LogP contribution in [0.25, 0.3) is 0 Å². The van der Waals surface area contributed by atoms with Crippen molar-refractivity contribution in [2.24, 2.45) is 0 Å². The predicted octanol–water partition coefficient (Wildman–Crippen LogP) is 1.95. The summed E-state index contributed by atoms with van der Waals surface area (Å²) in [6.07, 6.45) is 1.28. The third-order valence-corrected chi connectivity index (χ3v) is 3.96. The Morgan fingerprint density at radius 1 is 1.27 bits per heavy atom. The standard InChI is InChI=1S/C14H13FN2O4S/c1-21-14(18)11-6-4-10(5-7-11)9-22(19,20)17-13-12(15)3-2-8-16-13/h2-8H,9H2,1H3,(H,16,17). The van der Waals surface area contributed by atoms with E-state index in [1.165, 1.54) is 43.6 Å². The number of methoxy groups -OCH3 is 1. The molecule has 0 aliphatic carbocycles. The molecule has 1 heterocycles. The lowest BCUT2D eigenvalue weighted by atomic mass is 10.1. The number of esters is 1. The molecule has 0 saturated heterocycles. The fourth-order valence-corrected chi connectivity index (χ4v) is 2.87. The van der Waals surface area contributed by atoms with Crippen LogP contribution in [0.1, 0.15) is 15.9 Å². The van der Waals surface area contributed by atoms with Gasteiger partial charge in [-0.3, -0.25) is 4.72 Å². The first-order valence-electron chi connectivity index (χ1n) is 6.19. The molecule has 0 aliphatic heterocycles. The lowest BCUT2D eigenvalue weighted by molar-refractivity contribution is 0.0600. The highest BCUT2D eigenvalue weighted by Gasteiger charge is 2.15. The summed E-state index contributed by atoms with van der Waals surface area (Å²) in [5.41, 5.74) is 0.754. The van der Waals surface area contributed by atoms with Gasteiger partial charge in [0, 0.05) is 6.20 Å². The van der Waals surface area contributed by atoms with Crippen LogP contribution in [0.5, 0.6) is 0 Å². The summed E-state index contributed by atoms with van der Waals surface area (Å²) in [6.45, 7) is 0. The fourth-order valence-electron chi connectivity index (χ4n) is 1.72. The highest BCUT2D eigenvalue weighted by atomic mass is 32.2. The summed E-state index contributed by atoms with van der Waals surface area (Å²) < 4.78 is 44.0. The molecule has 2 rings (SSSR count). The number of hydrogen-bond donors (Lipinski definition) is 1. The van der Waals surface area contributed by atoms with Crippen LogP contribution in [-0.2, 0) is 20.5 Å². The van der Waals surface area contributed by atoms with E-state index in [1.807, 2.05) is 0 Å². The molecule has 0 atom stereocenters. The molecule has 22 heavy (non-hydrogen) atoms. The molecule has 6 nitrogen and oxygen atoms in total. The van der Waals surface area contributed by atoms with Crippen molar-refractivity contribution in [1.82, 2.24) is 4.98 Å². The molecule has 0 saturated carbocycles. The quantitative estimate of drug-likeness (QED) is 0.850. The van der Waals surface area contributed by atoms with Gasteiger partial charge in [0.25, 0.3) is 0 Å². The third-order valence-electron chi connectivity index (χ3n) is 2.74.